The Morgan fingerprint density at radius 1 is 1.44 bits per heavy atom. The van der Waals surface area contributed by atoms with Crippen molar-refractivity contribution in [1.29, 1.82) is 0 Å². The fourth-order valence-corrected chi connectivity index (χ4v) is 2.64. The fourth-order valence-electron chi connectivity index (χ4n) is 2.64. The molecule has 0 spiro atoms. The Kier molecular flexibility index (Phi) is 6.09. The molecule has 0 aromatic heterocycles. The Morgan fingerprint density at radius 3 is 2.72 bits per heavy atom. The summed E-state index contributed by atoms with van der Waals surface area (Å²) >= 11 is 0. The lowest BCUT2D eigenvalue weighted by Crippen LogP contribution is -2.44. The van der Waals surface area contributed by atoms with Crippen LogP contribution in [0.3, 0.4) is 0 Å². The quantitative estimate of drug-likeness (QED) is 0.687. The summed E-state index contributed by atoms with van der Waals surface area (Å²) < 4.78 is 5.91. The summed E-state index contributed by atoms with van der Waals surface area (Å²) in [6.07, 6.45) is 7.72. The predicted octanol–water partition coefficient (Wildman–Crippen LogP) is 2.55. The molecule has 0 heterocycles. The topological polar surface area (TPSA) is 72.5 Å². The number of hydrogen-bond donors (Lipinski definition) is 2. The van der Waals surface area contributed by atoms with E-state index < -0.39 is 11.5 Å². The number of carboxylic acid groups (broad SMARTS) is 1. The second-order valence-electron chi connectivity index (χ2n) is 5.69. The molecule has 1 aliphatic rings. The van der Waals surface area contributed by atoms with Crippen LogP contribution in [0, 0.1) is 5.92 Å². The molecule has 18 heavy (non-hydrogen) atoms. The van der Waals surface area contributed by atoms with E-state index in [9.17, 15) is 4.79 Å². The van der Waals surface area contributed by atoms with Crippen LogP contribution in [0.15, 0.2) is 0 Å². The molecule has 4 nitrogen and oxygen atoms in total. The predicted molar refractivity (Wildman–Crippen MR) is 71.5 cm³/mol. The van der Waals surface area contributed by atoms with E-state index in [-0.39, 0.29) is 0 Å². The number of ether oxygens (including phenoxy) is 1. The Hall–Kier alpha value is -0.610. The van der Waals surface area contributed by atoms with E-state index >= 15 is 0 Å². The highest BCUT2D eigenvalue weighted by Crippen LogP contribution is 2.29. The largest absolute Gasteiger partial charge is 0.480 e. The van der Waals surface area contributed by atoms with E-state index in [1.165, 1.54) is 25.7 Å². The lowest BCUT2D eigenvalue weighted by atomic mass is 9.85. The summed E-state index contributed by atoms with van der Waals surface area (Å²) in [5.74, 6) is -0.255. The van der Waals surface area contributed by atoms with Crippen molar-refractivity contribution in [2.24, 2.45) is 11.7 Å². The first-order chi connectivity index (χ1) is 8.47. The van der Waals surface area contributed by atoms with Gasteiger partial charge in [-0.05, 0) is 38.5 Å². The molecule has 0 saturated heterocycles. The van der Waals surface area contributed by atoms with Crippen molar-refractivity contribution in [3.05, 3.63) is 0 Å². The van der Waals surface area contributed by atoms with Crippen LogP contribution < -0.4 is 5.73 Å². The number of nitrogens with two attached hydrogens (primary N) is 1. The van der Waals surface area contributed by atoms with E-state index in [1.807, 2.05) is 0 Å². The Labute approximate surface area is 110 Å². The monoisotopic (exact) mass is 257 g/mol. The van der Waals surface area contributed by atoms with Gasteiger partial charge in [-0.25, -0.2) is 0 Å². The molecule has 0 amide bonds. The van der Waals surface area contributed by atoms with Gasteiger partial charge in [0.2, 0.25) is 0 Å². The van der Waals surface area contributed by atoms with Crippen molar-refractivity contribution in [2.45, 2.75) is 70.4 Å². The first-order valence-corrected chi connectivity index (χ1v) is 7.11. The Bertz CT molecular complexity index is 266. The molecule has 0 bridgehead atoms. The molecule has 3 N–H and O–H groups in total. The number of rotatable bonds is 7. The average molecular weight is 257 g/mol. The third-order valence-corrected chi connectivity index (χ3v) is 4.02. The third-order valence-electron chi connectivity index (χ3n) is 4.02. The number of aliphatic carboxylic acids is 1. The van der Waals surface area contributed by atoms with Crippen LogP contribution in [0.4, 0.5) is 0 Å². The summed E-state index contributed by atoms with van der Waals surface area (Å²) in [5, 5.41) is 8.90. The van der Waals surface area contributed by atoms with Gasteiger partial charge in [0.05, 0.1) is 6.10 Å². The molecular weight excluding hydrogens is 230 g/mol. The highest BCUT2D eigenvalue weighted by molar-refractivity contribution is 5.77. The van der Waals surface area contributed by atoms with E-state index in [0.29, 0.717) is 31.5 Å². The van der Waals surface area contributed by atoms with E-state index in [1.54, 1.807) is 6.92 Å². The Balaban J connectivity index is 2.22. The number of carbonyl (C=O) groups is 1. The summed E-state index contributed by atoms with van der Waals surface area (Å²) in [5.41, 5.74) is 4.55. The van der Waals surface area contributed by atoms with Crippen molar-refractivity contribution in [3.63, 3.8) is 0 Å². The molecule has 3 unspecified atom stereocenters. The normalized spacial score (nSPS) is 27.7. The fraction of sp³-hybridized carbons (Fsp3) is 0.929. The zero-order valence-electron chi connectivity index (χ0n) is 11.7. The smallest absolute Gasteiger partial charge is 0.323 e. The van der Waals surface area contributed by atoms with Crippen LogP contribution in [-0.2, 0) is 9.53 Å². The first kappa shape index (κ1) is 15.4. The van der Waals surface area contributed by atoms with Crippen LogP contribution in [0.5, 0.6) is 0 Å². The molecule has 0 radical (unpaired) electrons. The minimum atomic E-state index is -1.12. The van der Waals surface area contributed by atoms with E-state index in [2.05, 4.69) is 6.92 Å². The van der Waals surface area contributed by atoms with Gasteiger partial charge in [-0.1, -0.05) is 26.2 Å². The second kappa shape index (κ2) is 7.10. The minimum absolute atomic E-state index is 0.373. The Morgan fingerprint density at radius 2 is 2.11 bits per heavy atom. The van der Waals surface area contributed by atoms with Gasteiger partial charge in [0.1, 0.15) is 5.54 Å². The highest BCUT2D eigenvalue weighted by Gasteiger charge is 2.28. The zero-order chi connectivity index (χ0) is 13.6. The van der Waals surface area contributed by atoms with Gasteiger partial charge >= 0.3 is 5.97 Å². The van der Waals surface area contributed by atoms with Crippen LogP contribution in [0.2, 0.25) is 0 Å². The van der Waals surface area contributed by atoms with Gasteiger partial charge in [0.25, 0.3) is 0 Å². The van der Waals surface area contributed by atoms with E-state index in [0.717, 1.165) is 6.42 Å². The maximum atomic E-state index is 10.8. The highest BCUT2D eigenvalue weighted by atomic mass is 16.5. The van der Waals surface area contributed by atoms with Crippen LogP contribution >= 0.6 is 0 Å². The van der Waals surface area contributed by atoms with Gasteiger partial charge in [0.15, 0.2) is 0 Å². The van der Waals surface area contributed by atoms with Crippen molar-refractivity contribution in [1.82, 2.24) is 0 Å². The zero-order valence-corrected chi connectivity index (χ0v) is 11.7. The van der Waals surface area contributed by atoms with E-state index in [4.69, 9.17) is 15.6 Å². The van der Waals surface area contributed by atoms with Gasteiger partial charge in [0, 0.05) is 6.61 Å². The standard InChI is InChI=1S/C14H27NO3/c1-3-11-7-4-5-8-12(11)18-10-6-9-14(2,15)13(16)17/h11-12H,3-10,15H2,1-2H3,(H,16,17). The molecule has 106 valence electrons. The van der Waals surface area contributed by atoms with Gasteiger partial charge in [-0.15, -0.1) is 0 Å². The molecular formula is C14H27NO3. The number of hydrogen-bond acceptors (Lipinski definition) is 3. The second-order valence-corrected chi connectivity index (χ2v) is 5.69. The maximum Gasteiger partial charge on any atom is 0.323 e. The lowest BCUT2D eigenvalue weighted by Gasteiger charge is -2.31. The van der Waals surface area contributed by atoms with Crippen molar-refractivity contribution >= 4 is 5.97 Å². The number of carboxylic acids is 1. The molecule has 1 rings (SSSR count). The molecule has 0 aromatic rings. The molecule has 0 aromatic carbocycles. The summed E-state index contributed by atoms with van der Waals surface area (Å²) in [7, 11) is 0. The van der Waals surface area contributed by atoms with Gasteiger partial charge < -0.3 is 15.6 Å². The molecule has 1 fully saturated rings. The average Bonchev–Trinajstić information content (AvgIpc) is 2.35. The molecule has 4 heteroatoms. The molecule has 3 atom stereocenters. The van der Waals surface area contributed by atoms with Crippen LogP contribution in [0.25, 0.3) is 0 Å². The van der Waals surface area contributed by atoms with Crippen LogP contribution in [0.1, 0.15) is 58.8 Å². The van der Waals surface area contributed by atoms with Crippen molar-refractivity contribution < 1.29 is 14.6 Å². The SMILES string of the molecule is CCC1CCCCC1OCCCC(C)(N)C(=O)O. The first-order valence-electron chi connectivity index (χ1n) is 7.11. The van der Waals surface area contributed by atoms with Crippen LogP contribution in [-0.4, -0.2) is 29.3 Å². The summed E-state index contributed by atoms with van der Waals surface area (Å²) in [6.45, 7) is 4.40. The van der Waals surface area contributed by atoms with Crippen molar-refractivity contribution in [2.75, 3.05) is 6.61 Å². The summed E-state index contributed by atoms with van der Waals surface area (Å²) in [4.78, 5) is 10.8. The molecule has 1 aliphatic carbocycles. The third kappa shape index (κ3) is 4.58. The van der Waals surface area contributed by atoms with Crippen molar-refractivity contribution in [3.8, 4) is 0 Å². The maximum absolute atomic E-state index is 10.8. The lowest BCUT2D eigenvalue weighted by molar-refractivity contribution is -0.143. The minimum Gasteiger partial charge on any atom is -0.480 e. The molecule has 0 aliphatic heterocycles. The molecule has 1 saturated carbocycles. The van der Waals surface area contributed by atoms with Gasteiger partial charge in [-0.2, -0.15) is 0 Å². The summed E-state index contributed by atoms with van der Waals surface area (Å²) in [6, 6.07) is 0. The van der Waals surface area contributed by atoms with Gasteiger partial charge in [-0.3, -0.25) is 4.79 Å².